The lowest BCUT2D eigenvalue weighted by molar-refractivity contribution is -0.297. The van der Waals surface area contributed by atoms with Crippen molar-refractivity contribution < 1.29 is 24.2 Å². The van der Waals surface area contributed by atoms with Gasteiger partial charge in [0, 0.05) is 6.92 Å². The van der Waals surface area contributed by atoms with Gasteiger partial charge in [0.2, 0.25) is 0 Å². The Morgan fingerprint density at radius 3 is 2.53 bits per heavy atom. The molecule has 0 aromatic heterocycles. The van der Waals surface area contributed by atoms with Crippen molar-refractivity contribution in [2.24, 2.45) is 0 Å². The third-order valence-electron chi connectivity index (χ3n) is 1.85. The molecule has 5 heteroatoms. The Morgan fingerprint density at radius 1 is 1.29 bits per heavy atom. The second-order valence-electron chi connectivity index (χ2n) is 3.16. The Kier molecular flexibility index (Phi) is 4.28. The predicted octanol–water partition coefficient (Wildman–Crippen LogP) is 0.384. The second-order valence-corrected chi connectivity index (χ2v) is 3.16. The molecule has 5 nitrogen and oxygen atoms in total. The number of aliphatic carboxylic acids is 1. The molecular weight excluding hydrogens is 224 g/mol. The van der Waals surface area contributed by atoms with E-state index in [2.05, 4.69) is 0 Å². The monoisotopic (exact) mass is 235 g/mol. The maximum atomic E-state index is 10.8. The third-order valence-corrected chi connectivity index (χ3v) is 1.85. The molecule has 0 amide bonds. The fraction of sp³-hybridized carbons (Fsp3) is 0.167. The fourth-order valence-electron chi connectivity index (χ4n) is 1.19. The van der Waals surface area contributed by atoms with Crippen LogP contribution in [0.3, 0.4) is 0 Å². The second kappa shape index (κ2) is 5.69. The number of methoxy groups -OCH3 is 1. The first-order valence-corrected chi connectivity index (χ1v) is 4.78. The van der Waals surface area contributed by atoms with Gasteiger partial charge in [0.15, 0.2) is 11.5 Å². The standard InChI is InChI=1S/C12H12O5/c1-8(13)17-10-5-3-9(4-6-12(14)15)7-11(10)16-2/h3-7H,1-2H3,(H,14,15)/p-1/b6-4+. The van der Waals surface area contributed by atoms with Crippen LogP contribution in [-0.4, -0.2) is 19.0 Å². The maximum Gasteiger partial charge on any atom is 0.308 e. The zero-order valence-electron chi connectivity index (χ0n) is 9.43. The summed E-state index contributed by atoms with van der Waals surface area (Å²) < 4.78 is 9.92. The Morgan fingerprint density at radius 2 is 2.00 bits per heavy atom. The summed E-state index contributed by atoms with van der Waals surface area (Å²) in [4.78, 5) is 21.0. The van der Waals surface area contributed by atoms with Crippen LogP contribution >= 0.6 is 0 Å². The van der Waals surface area contributed by atoms with E-state index in [0.717, 1.165) is 6.08 Å². The van der Waals surface area contributed by atoms with E-state index in [1.165, 1.54) is 26.2 Å². The highest BCUT2D eigenvalue weighted by atomic mass is 16.6. The maximum absolute atomic E-state index is 10.8. The molecule has 0 fully saturated rings. The van der Waals surface area contributed by atoms with E-state index in [1.807, 2.05) is 0 Å². The van der Waals surface area contributed by atoms with Gasteiger partial charge in [-0.05, 0) is 23.8 Å². The summed E-state index contributed by atoms with van der Waals surface area (Å²) in [6.07, 6.45) is 2.26. The molecule has 0 saturated carbocycles. The molecule has 0 aliphatic heterocycles. The highest BCUT2D eigenvalue weighted by Gasteiger charge is 2.06. The van der Waals surface area contributed by atoms with E-state index in [4.69, 9.17) is 9.47 Å². The summed E-state index contributed by atoms with van der Waals surface area (Å²) in [5.41, 5.74) is 0.599. The lowest BCUT2D eigenvalue weighted by Crippen LogP contribution is -2.18. The number of hydrogen-bond acceptors (Lipinski definition) is 5. The minimum Gasteiger partial charge on any atom is -0.545 e. The largest absolute Gasteiger partial charge is 0.545 e. The number of carboxylic acids is 1. The molecular formula is C12H11O5-. The third kappa shape index (κ3) is 3.98. The van der Waals surface area contributed by atoms with Crippen LogP contribution in [0.1, 0.15) is 12.5 Å². The minimum absolute atomic E-state index is 0.283. The van der Waals surface area contributed by atoms with Gasteiger partial charge in [-0.1, -0.05) is 12.1 Å². The van der Waals surface area contributed by atoms with Gasteiger partial charge in [-0.25, -0.2) is 0 Å². The van der Waals surface area contributed by atoms with Gasteiger partial charge >= 0.3 is 5.97 Å². The normalized spacial score (nSPS) is 10.2. The molecule has 90 valence electrons. The highest BCUT2D eigenvalue weighted by Crippen LogP contribution is 2.28. The van der Waals surface area contributed by atoms with Crippen LogP contribution in [0.4, 0.5) is 0 Å². The van der Waals surface area contributed by atoms with E-state index in [9.17, 15) is 14.7 Å². The molecule has 0 atom stereocenters. The number of esters is 1. The van der Waals surface area contributed by atoms with Crippen LogP contribution in [0.25, 0.3) is 6.08 Å². The van der Waals surface area contributed by atoms with Crippen molar-refractivity contribution in [3.63, 3.8) is 0 Å². The number of carbonyl (C=O) groups excluding carboxylic acids is 2. The Hall–Kier alpha value is -2.30. The van der Waals surface area contributed by atoms with Crippen LogP contribution in [-0.2, 0) is 9.59 Å². The van der Waals surface area contributed by atoms with Gasteiger partial charge in [0.25, 0.3) is 0 Å². The van der Waals surface area contributed by atoms with E-state index in [1.54, 1.807) is 12.1 Å². The lowest BCUT2D eigenvalue weighted by Gasteiger charge is -2.08. The predicted molar refractivity (Wildman–Crippen MR) is 58.3 cm³/mol. The first-order chi connectivity index (χ1) is 8.02. The highest BCUT2D eigenvalue weighted by molar-refractivity contribution is 5.83. The summed E-state index contributed by atoms with van der Waals surface area (Å²) >= 11 is 0. The van der Waals surface area contributed by atoms with E-state index in [0.29, 0.717) is 11.3 Å². The van der Waals surface area contributed by atoms with Crippen molar-refractivity contribution in [1.29, 1.82) is 0 Å². The summed E-state index contributed by atoms with van der Waals surface area (Å²) in [7, 11) is 1.43. The van der Waals surface area contributed by atoms with Crippen LogP contribution in [0, 0.1) is 0 Å². The van der Waals surface area contributed by atoms with Gasteiger partial charge < -0.3 is 19.4 Å². The number of carboxylic acid groups (broad SMARTS) is 1. The van der Waals surface area contributed by atoms with Crippen molar-refractivity contribution in [1.82, 2.24) is 0 Å². The zero-order valence-corrected chi connectivity index (χ0v) is 9.43. The first-order valence-electron chi connectivity index (χ1n) is 4.78. The van der Waals surface area contributed by atoms with Gasteiger partial charge in [0.1, 0.15) is 0 Å². The lowest BCUT2D eigenvalue weighted by atomic mass is 10.2. The van der Waals surface area contributed by atoms with E-state index < -0.39 is 11.9 Å². The van der Waals surface area contributed by atoms with Crippen LogP contribution in [0.5, 0.6) is 11.5 Å². The summed E-state index contributed by atoms with van der Waals surface area (Å²) in [6, 6.07) is 4.67. The number of hydrogen-bond donors (Lipinski definition) is 0. The molecule has 0 aliphatic rings. The number of ether oxygens (including phenoxy) is 2. The van der Waals surface area contributed by atoms with Crippen molar-refractivity contribution in [3.8, 4) is 11.5 Å². The molecule has 0 aliphatic carbocycles. The molecule has 0 radical (unpaired) electrons. The van der Waals surface area contributed by atoms with E-state index >= 15 is 0 Å². The Labute approximate surface area is 98.3 Å². The van der Waals surface area contributed by atoms with Crippen molar-refractivity contribution in [2.75, 3.05) is 7.11 Å². The van der Waals surface area contributed by atoms with Gasteiger partial charge in [-0.3, -0.25) is 4.79 Å². The Balaban J connectivity index is 2.99. The molecule has 0 heterocycles. The minimum atomic E-state index is -1.28. The van der Waals surface area contributed by atoms with Crippen LogP contribution < -0.4 is 14.6 Å². The summed E-state index contributed by atoms with van der Waals surface area (Å²) in [6.45, 7) is 1.28. The Bertz CT molecular complexity index is 462. The number of rotatable bonds is 4. The SMILES string of the molecule is COc1cc(/C=C/C(=O)[O-])ccc1OC(C)=O. The molecule has 0 N–H and O–H groups in total. The average Bonchev–Trinajstić information content (AvgIpc) is 2.26. The summed E-state index contributed by atoms with van der Waals surface area (Å²) in [5, 5.41) is 10.2. The first kappa shape index (κ1) is 12.8. The topological polar surface area (TPSA) is 75.7 Å². The van der Waals surface area contributed by atoms with E-state index in [-0.39, 0.29) is 5.75 Å². The average molecular weight is 235 g/mol. The molecule has 1 aromatic rings. The van der Waals surface area contributed by atoms with Crippen molar-refractivity contribution in [2.45, 2.75) is 6.92 Å². The number of carbonyl (C=O) groups is 2. The fourth-order valence-corrected chi connectivity index (χ4v) is 1.19. The van der Waals surface area contributed by atoms with Crippen LogP contribution in [0.2, 0.25) is 0 Å². The zero-order chi connectivity index (χ0) is 12.8. The quantitative estimate of drug-likeness (QED) is 0.428. The molecule has 1 rings (SSSR count). The van der Waals surface area contributed by atoms with Crippen LogP contribution in [0.15, 0.2) is 24.3 Å². The van der Waals surface area contributed by atoms with Crippen molar-refractivity contribution >= 4 is 18.0 Å². The van der Waals surface area contributed by atoms with Gasteiger partial charge in [-0.2, -0.15) is 0 Å². The molecule has 1 aromatic carbocycles. The molecule has 0 saturated heterocycles. The number of benzene rings is 1. The van der Waals surface area contributed by atoms with Crippen molar-refractivity contribution in [3.05, 3.63) is 29.8 Å². The molecule has 17 heavy (non-hydrogen) atoms. The summed E-state index contributed by atoms with van der Waals surface area (Å²) in [5.74, 6) is -1.11. The smallest absolute Gasteiger partial charge is 0.308 e. The van der Waals surface area contributed by atoms with Gasteiger partial charge in [-0.15, -0.1) is 0 Å². The van der Waals surface area contributed by atoms with Gasteiger partial charge in [0.05, 0.1) is 13.1 Å². The molecule has 0 unspecified atom stereocenters. The molecule has 0 bridgehead atoms. The molecule has 0 spiro atoms.